The third-order valence-corrected chi connectivity index (χ3v) is 4.31. The smallest absolute Gasteiger partial charge is 0.357 e. The van der Waals surface area contributed by atoms with E-state index in [1.165, 1.54) is 24.7 Å². The summed E-state index contributed by atoms with van der Waals surface area (Å²) in [5, 5.41) is 0.310. The second-order valence-electron chi connectivity index (χ2n) is 6.29. The van der Waals surface area contributed by atoms with Gasteiger partial charge in [0.25, 0.3) is 5.56 Å². The van der Waals surface area contributed by atoms with Crippen LogP contribution in [0.4, 0.5) is 0 Å². The van der Waals surface area contributed by atoms with E-state index < -0.39 is 17.2 Å². The molecule has 0 bridgehead atoms. The van der Waals surface area contributed by atoms with Gasteiger partial charge in [-0.3, -0.25) is 13.9 Å². The Bertz CT molecular complexity index is 1120. The molecule has 0 atom stereocenters. The van der Waals surface area contributed by atoms with Gasteiger partial charge in [0.2, 0.25) is 0 Å². The first-order valence-electron chi connectivity index (χ1n) is 8.09. The Balaban J connectivity index is 1.98. The molecule has 1 aromatic carbocycles. The van der Waals surface area contributed by atoms with E-state index in [9.17, 15) is 14.4 Å². The number of hydrogen-bond donors (Lipinski definition) is 0. The Morgan fingerprint density at radius 3 is 2.38 bits per heavy atom. The number of esters is 1. The molecule has 0 unspecified atom stereocenters. The third kappa shape index (κ3) is 3.03. The van der Waals surface area contributed by atoms with Crippen molar-refractivity contribution >= 4 is 17.0 Å². The van der Waals surface area contributed by atoms with Gasteiger partial charge in [0.05, 0.1) is 5.39 Å². The minimum atomic E-state index is -0.608. The zero-order valence-electron chi connectivity index (χ0n) is 15.1. The summed E-state index contributed by atoms with van der Waals surface area (Å²) in [6.45, 7) is 3.80. The summed E-state index contributed by atoms with van der Waals surface area (Å²) >= 11 is 0. The predicted octanol–water partition coefficient (Wildman–Crippen LogP) is 1.61. The van der Waals surface area contributed by atoms with E-state index in [-0.39, 0.29) is 17.9 Å². The molecule has 0 saturated heterocycles. The molecule has 0 amide bonds. The van der Waals surface area contributed by atoms with Crippen molar-refractivity contribution < 1.29 is 9.53 Å². The molecule has 26 heavy (non-hydrogen) atoms. The highest BCUT2D eigenvalue weighted by atomic mass is 16.5. The van der Waals surface area contributed by atoms with Crippen LogP contribution in [0, 0.1) is 13.8 Å². The minimum Gasteiger partial charge on any atom is -0.456 e. The SMILES string of the molecule is Cc1ccc(COC(=O)c2cc(C)c3c(=O)n(C)c(=O)n(C)c3n2)cc1. The van der Waals surface area contributed by atoms with Crippen LogP contribution < -0.4 is 11.2 Å². The number of ether oxygens (including phenoxy) is 1. The van der Waals surface area contributed by atoms with Crippen molar-refractivity contribution in [3.8, 4) is 0 Å². The van der Waals surface area contributed by atoms with Crippen LogP contribution in [-0.2, 0) is 25.4 Å². The summed E-state index contributed by atoms with van der Waals surface area (Å²) in [4.78, 5) is 41.0. The second-order valence-corrected chi connectivity index (χ2v) is 6.29. The molecular formula is C19H19N3O4. The van der Waals surface area contributed by atoms with Gasteiger partial charge < -0.3 is 4.74 Å². The van der Waals surface area contributed by atoms with Crippen LogP contribution in [0.3, 0.4) is 0 Å². The number of hydrogen-bond acceptors (Lipinski definition) is 5. The third-order valence-electron chi connectivity index (χ3n) is 4.31. The Labute approximate surface area is 149 Å². The average molecular weight is 353 g/mol. The fourth-order valence-corrected chi connectivity index (χ4v) is 2.74. The molecule has 0 aliphatic heterocycles. The van der Waals surface area contributed by atoms with Crippen LogP contribution in [0.25, 0.3) is 11.0 Å². The van der Waals surface area contributed by atoms with E-state index in [0.717, 1.165) is 15.7 Å². The molecule has 7 heteroatoms. The Morgan fingerprint density at radius 2 is 1.73 bits per heavy atom. The van der Waals surface area contributed by atoms with Crippen molar-refractivity contribution in [3.63, 3.8) is 0 Å². The van der Waals surface area contributed by atoms with Crippen LogP contribution in [0.1, 0.15) is 27.2 Å². The number of aryl methyl sites for hydroxylation is 3. The number of rotatable bonds is 3. The highest BCUT2D eigenvalue weighted by Crippen LogP contribution is 2.14. The Morgan fingerprint density at radius 1 is 1.08 bits per heavy atom. The fraction of sp³-hybridized carbons (Fsp3) is 0.263. The van der Waals surface area contributed by atoms with E-state index in [1.54, 1.807) is 6.92 Å². The molecule has 2 aromatic heterocycles. The molecule has 0 saturated carbocycles. The van der Waals surface area contributed by atoms with E-state index in [0.29, 0.717) is 10.9 Å². The summed E-state index contributed by atoms with van der Waals surface area (Å²) in [5.74, 6) is -0.608. The van der Waals surface area contributed by atoms with E-state index >= 15 is 0 Å². The monoisotopic (exact) mass is 353 g/mol. The highest BCUT2D eigenvalue weighted by Gasteiger charge is 2.17. The van der Waals surface area contributed by atoms with Crippen molar-refractivity contribution in [3.05, 3.63) is 73.6 Å². The Hall–Kier alpha value is -3.22. The molecule has 0 aliphatic rings. The summed E-state index contributed by atoms with van der Waals surface area (Å²) < 4.78 is 7.58. The number of carbonyl (C=O) groups is 1. The fourth-order valence-electron chi connectivity index (χ4n) is 2.74. The van der Waals surface area contributed by atoms with Crippen LogP contribution in [0.15, 0.2) is 39.9 Å². The van der Waals surface area contributed by atoms with Gasteiger partial charge in [0.15, 0.2) is 11.3 Å². The number of aromatic nitrogens is 3. The zero-order valence-corrected chi connectivity index (χ0v) is 15.1. The Kier molecular flexibility index (Phi) is 4.46. The number of carbonyl (C=O) groups excluding carboxylic acids is 1. The van der Waals surface area contributed by atoms with Crippen LogP contribution >= 0.6 is 0 Å². The lowest BCUT2D eigenvalue weighted by molar-refractivity contribution is 0.0466. The van der Waals surface area contributed by atoms with Gasteiger partial charge in [-0.25, -0.2) is 14.6 Å². The lowest BCUT2D eigenvalue weighted by Crippen LogP contribution is -2.37. The molecule has 0 spiro atoms. The molecule has 7 nitrogen and oxygen atoms in total. The maximum absolute atomic E-state index is 12.4. The first-order chi connectivity index (χ1) is 12.3. The van der Waals surface area contributed by atoms with Crippen molar-refractivity contribution in [2.24, 2.45) is 14.1 Å². The van der Waals surface area contributed by atoms with Crippen molar-refractivity contribution in [2.75, 3.05) is 0 Å². The summed E-state index contributed by atoms with van der Waals surface area (Å²) in [5.41, 5.74) is 1.84. The minimum absolute atomic E-state index is 0.0605. The molecule has 0 fully saturated rings. The molecule has 0 aliphatic carbocycles. The molecule has 134 valence electrons. The number of pyridine rings is 1. The van der Waals surface area contributed by atoms with Gasteiger partial charge in [0, 0.05) is 14.1 Å². The maximum Gasteiger partial charge on any atom is 0.357 e. The van der Waals surface area contributed by atoms with Crippen LogP contribution in [0.5, 0.6) is 0 Å². The number of benzene rings is 1. The first-order valence-corrected chi connectivity index (χ1v) is 8.09. The predicted molar refractivity (Wildman–Crippen MR) is 97.3 cm³/mol. The first kappa shape index (κ1) is 17.6. The lowest BCUT2D eigenvalue weighted by Gasteiger charge is -2.11. The number of nitrogens with zero attached hydrogens (tertiary/aromatic N) is 3. The van der Waals surface area contributed by atoms with E-state index in [2.05, 4.69) is 4.98 Å². The van der Waals surface area contributed by atoms with Crippen molar-refractivity contribution in [1.29, 1.82) is 0 Å². The maximum atomic E-state index is 12.4. The van der Waals surface area contributed by atoms with Crippen molar-refractivity contribution in [2.45, 2.75) is 20.5 Å². The summed E-state index contributed by atoms with van der Waals surface area (Å²) in [6.07, 6.45) is 0. The van der Waals surface area contributed by atoms with Gasteiger partial charge in [-0.2, -0.15) is 0 Å². The van der Waals surface area contributed by atoms with Crippen molar-refractivity contribution in [1.82, 2.24) is 14.1 Å². The van der Waals surface area contributed by atoms with E-state index in [1.807, 2.05) is 31.2 Å². The zero-order chi connectivity index (χ0) is 19.0. The van der Waals surface area contributed by atoms with Crippen LogP contribution in [0.2, 0.25) is 0 Å². The van der Waals surface area contributed by atoms with Gasteiger partial charge in [-0.1, -0.05) is 29.8 Å². The standard InChI is InChI=1S/C19H19N3O4/c1-11-5-7-13(8-6-11)10-26-18(24)14-9-12(2)15-16(20-14)21(3)19(25)22(4)17(15)23/h5-9H,10H2,1-4H3. The number of fused-ring (bicyclic) bond motifs is 1. The van der Waals surface area contributed by atoms with Gasteiger partial charge >= 0.3 is 11.7 Å². The lowest BCUT2D eigenvalue weighted by atomic mass is 10.1. The second kappa shape index (κ2) is 6.59. The quantitative estimate of drug-likeness (QED) is 0.668. The summed E-state index contributed by atoms with van der Waals surface area (Å²) in [7, 11) is 2.92. The molecule has 3 aromatic rings. The van der Waals surface area contributed by atoms with E-state index in [4.69, 9.17) is 4.74 Å². The van der Waals surface area contributed by atoms with Gasteiger partial charge in [-0.15, -0.1) is 0 Å². The average Bonchev–Trinajstić information content (AvgIpc) is 2.63. The molecule has 3 rings (SSSR count). The summed E-state index contributed by atoms with van der Waals surface area (Å²) in [6, 6.07) is 9.15. The van der Waals surface area contributed by atoms with Crippen LogP contribution in [-0.4, -0.2) is 20.1 Å². The molecular weight excluding hydrogens is 334 g/mol. The molecule has 0 radical (unpaired) electrons. The highest BCUT2D eigenvalue weighted by molar-refractivity contribution is 5.91. The largest absolute Gasteiger partial charge is 0.456 e. The van der Waals surface area contributed by atoms with Gasteiger partial charge in [0.1, 0.15) is 6.61 Å². The molecule has 0 N–H and O–H groups in total. The topological polar surface area (TPSA) is 83.2 Å². The normalized spacial score (nSPS) is 10.9. The van der Waals surface area contributed by atoms with Gasteiger partial charge in [-0.05, 0) is 31.0 Å². The molecule has 2 heterocycles.